The van der Waals surface area contributed by atoms with Crippen molar-refractivity contribution < 1.29 is 4.39 Å². The second kappa shape index (κ2) is 4.91. The first kappa shape index (κ1) is 11.7. The predicted octanol–water partition coefficient (Wildman–Crippen LogP) is 2.81. The lowest BCUT2D eigenvalue weighted by molar-refractivity contribution is 0.613. The molecule has 14 heavy (non-hydrogen) atoms. The summed E-state index contributed by atoms with van der Waals surface area (Å²) in [6.07, 6.45) is 1.35. The van der Waals surface area contributed by atoms with Crippen LogP contribution in [0.1, 0.15) is 18.9 Å². The van der Waals surface area contributed by atoms with Gasteiger partial charge in [-0.3, -0.25) is 0 Å². The molecule has 0 aliphatic heterocycles. The van der Waals surface area contributed by atoms with E-state index in [0.717, 1.165) is 6.42 Å². The van der Waals surface area contributed by atoms with Crippen LogP contribution in [0.15, 0.2) is 6.07 Å². The van der Waals surface area contributed by atoms with Crippen LogP contribution in [0.4, 0.5) is 4.39 Å². The molecule has 0 amide bonds. The highest BCUT2D eigenvalue weighted by atomic mass is 35.5. The van der Waals surface area contributed by atoms with Crippen LogP contribution >= 0.6 is 23.2 Å². The molecule has 0 saturated heterocycles. The van der Waals surface area contributed by atoms with Crippen molar-refractivity contribution in [2.24, 2.45) is 5.73 Å². The number of hydrogen-bond donors (Lipinski definition) is 1. The SMILES string of the molecule is CC(N)CCc1cc(F)c(Cl)nc1Cl. The Labute approximate surface area is 92.2 Å². The van der Waals surface area contributed by atoms with Gasteiger partial charge in [-0.05, 0) is 31.4 Å². The molecule has 78 valence electrons. The minimum absolute atomic E-state index is 0.0600. The molecule has 0 fully saturated rings. The average Bonchev–Trinajstić information content (AvgIpc) is 2.09. The third kappa shape index (κ3) is 3.08. The molecule has 1 heterocycles. The van der Waals surface area contributed by atoms with Crippen molar-refractivity contribution in [3.05, 3.63) is 27.8 Å². The molecular weight excluding hydrogens is 226 g/mol. The lowest BCUT2D eigenvalue weighted by Gasteiger charge is -2.06. The monoisotopic (exact) mass is 236 g/mol. The number of rotatable bonds is 3. The number of aromatic nitrogens is 1. The summed E-state index contributed by atoms with van der Waals surface area (Å²) in [5, 5.41) is 0.0524. The molecule has 0 spiro atoms. The minimum Gasteiger partial charge on any atom is -0.328 e. The van der Waals surface area contributed by atoms with Gasteiger partial charge in [-0.25, -0.2) is 9.37 Å². The second-order valence-electron chi connectivity index (χ2n) is 3.23. The van der Waals surface area contributed by atoms with Gasteiger partial charge in [-0.15, -0.1) is 0 Å². The van der Waals surface area contributed by atoms with Crippen LogP contribution in [-0.2, 0) is 6.42 Å². The van der Waals surface area contributed by atoms with E-state index in [1.54, 1.807) is 0 Å². The molecule has 1 unspecified atom stereocenters. The molecular formula is C9H11Cl2FN2. The summed E-state index contributed by atoms with van der Waals surface area (Å²) >= 11 is 11.2. The highest BCUT2D eigenvalue weighted by molar-refractivity contribution is 6.32. The number of nitrogens with zero attached hydrogens (tertiary/aromatic N) is 1. The van der Waals surface area contributed by atoms with Gasteiger partial charge < -0.3 is 5.73 Å². The zero-order chi connectivity index (χ0) is 10.7. The molecule has 2 nitrogen and oxygen atoms in total. The topological polar surface area (TPSA) is 38.9 Å². The minimum atomic E-state index is -0.546. The van der Waals surface area contributed by atoms with E-state index in [1.165, 1.54) is 6.07 Å². The Bertz CT molecular complexity index is 329. The normalized spacial score (nSPS) is 12.9. The first-order chi connectivity index (χ1) is 6.50. The van der Waals surface area contributed by atoms with Crippen LogP contribution in [0.3, 0.4) is 0 Å². The Kier molecular flexibility index (Phi) is 4.11. The van der Waals surface area contributed by atoms with E-state index in [9.17, 15) is 4.39 Å². The van der Waals surface area contributed by atoms with Gasteiger partial charge in [-0.2, -0.15) is 0 Å². The maximum Gasteiger partial charge on any atom is 0.166 e. The molecule has 1 aromatic heterocycles. The summed E-state index contributed by atoms with van der Waals surface area (Å²) in [5.41, 5.74) is 6.22. The zero-order valence-electron chi connectivity index (χ0n) is 7.73. The Morgan fingerprint density at radius 3 is 2.71 bits per heavy atom. The highest BCUT2D eigenvalue weighted by Gasteiger charge is 2.09. The largest absolute Gasteiger partial charge is 0.328 e. The summed E-state index contributed by atoms with van der Waals surface area (Å²) in [5.74, 6) is -0.546. The van der Waals surface area contributed by atoms with Crippen molar-refractivity contribution in [2.45, 2.75) is 25.8 Å². The van der Waals surface area contributed by atoms with Gasteiger partial charge in [0.2, 0.25) is 0 Å². The number of nitrogens with two attached hydrogens (primary N) is 1. The van der Waals surface area contributed by atoms with E-state index >= 15 is 0 Å². The zero-order valence-corrected chi connectivity index (χ0v) is 9.24. The highest BCUT2D eigenvalue weighted by Crippen LogP contribution is 2.21. The van der Waals surface area contributed by atoms with Gasteiger partial charge in [0.1, 0.15) is 5.15 Å². The molecule has 1 rings (SSSR count). The summed E-state index contributed by atoms with van der Waals surface area (Å²) in [4.78, 5) is 3.67. The summed E-state index contributed by atoms with van der Waals surface area (Å²) < 4.78 is 13.0. The Morgan fingerprint density at radius 2 is 2.14 bits per heavy atom. The van der Waals surface area contributed by atoms with Crippen molar-refractivity contribution in [2.75, 3.05) is 0 Å². The van der Waals surface area contributed by atoms with Gasteiger partial charge >= 0.3 is 0 Å². The van der Waals surface area contributed by atoms with Crippen molar-refractivity contribution >= 4 is 23.2 Å². The van der Waals surface area contributed by atoms with Crippen molar-refractivity contribution in [3.63, 3.8) is 0 Å². The van der Waals surface area contributed by atoms with Crippen molar-refractivity contribution in [3.8, 4) is 0 Å². The third-order valence-electron chi connectivity index (χ3n) is 1.83. The molecule has 2 N–H and O–H groups in total. The summed E-state index contributed by atoms with van der Waals surface area (Å²) in [6, 6.07) is 1.37. The summed E-state index contributed by atoms with van der Waals surface area (Å²) in [6.45, 7) is 1.88. The first-order valence-corrected chi connectivity index (χ1v) is 5.02. The van der Waals surface area contributed by atoms with Gasteiger partial charge in [-0.1, -0.05) is 23.2 Å². The maximum absolute atomic E-state index is 13.0. The van der Waals surface area contributed by atoms with Crippen LogP contribution in [0.2, 0.25) is 10.3 Å². The quantitative estimate of drug-likeness (QED) is 0.821. The van der Waals surface area contributed by atoms with Gasteiger partial charge in [0, 0.05) is 6.04 Å². The van der Waals surface area contributed by atoms with E-state index in [2.05, 4.69) is 4.98 Å². The van der Waals surface area contributed by atoms with Gasteiger partial charge in [0.25, 0.3) is 0 Å². The second-order valence-corrected chi connectivity index (χ2v) is 3.94. The fourth-order valence-electron chi connectivity index (χ4n) is 1.04. The fourth-order valence-corrected chi connectivity index (χ4v) is 1.46. The first-order valence-electron chi connectivity index (χ1n) is 4.26. The molecule has 1 atom stereocenters. The smallest absolute Gasteiger partial charge is 0.166 e. The van der Waals surface area contributed by atoms with Crippen LogP contribution in [0, 0.1) is 5.82 Å². The lowest BCUT2D eigenvalue weighted by atomic mass is 10.1. The maximum atomic E-state index is 13.0. The molecule has 0 radical (unpaired) electrons. The Balaban J connectivity index is 2.82. The van der Waals surface area contributed by atoms with E-state index in [0.29, 0.717) is 12.0 Å². The van der Waals surface area contributed by atoms with Crippen LogP contribution < -0.4 is 5.73 Å². The molecule has 0 saturated carbocycles. The third-order valence-corrected chi connectivity index (χ3v) is 2.42. The Morgan fingerprint density at radius 1 is 1.50 bits per heavy atom. The van der Waals surface area contributed by atoms with E-state index in [1.807, 2.05) is 6.92 Å². The van der Waals surface area contributed by atoms with Crippen LogP contribution in [-0.4, -0.2) is 11.0 Å². The molecule has 5 heteroatoms. The van der Waals surface area contributed by atoms with E-state index < -0.39 is 5.82 Å². The number of hydrogen-bond acceptors (Lipinski definition) is 2. The molecule has 0 aromatic carbocycles. The predicted molar refractivity (Wildman–Crippen MR) is 56.2 cm³/mol. The van der Waals surface area contributed by atoms with Crippen LogP contribution in [0.25, 0.3) is 0 Å². The molecule has 0 aliphatic carbocycles. The number of halogens is 3. The Hall–Kier alpha value is -0.380. The standard InChI is InChI=1S/C9H11Cl2FN2/c1-5(13)2-3-6-4-7(12)9(11)14-8(6)10/h4-5H,2-3,13H2,1H3. The number of pyridine rings is 1. The van der Waals surface area contributed by atoms with E-state index in [-0.39, 0.29) is 16.3 Å². The van der Waals surface area contributed by atoms with Gasteiger partial charge in [0.15, 0.2) is 11.0 Å². The fraction of sp³-hybridized carbons (Fsp3) is 0.444. The van der Waals surface area contributed by atoms with Crippen molar-refractivity contribution in [1.29, 1.82) is 0 Å². The lowest BCUT2D eigenvalue weighted by Crippen LogP contribution is -2.15. The van der Waals surface area contributed by atoms with Gasteiger partial charge in [0.05, 0.1) is 0 Å². The van der Waals surface area contributed by atoms with E-state index in [4.69, 9.17) is 28.9 Å². The molecule has 0 bridgehead atoms. The summed E-state index contributed by atoms with van der Waals surface area (Å²) in [7, 11) is 0. The number of aryl methyl sites for hydroxylation is 1. The average molecular weight is 237 g/mol. The molecule has 1 aromatic rings. The molecule has 0 aliphatic rings. The van der Waals surface area contributed by atoms with Crippen molar-refractivity contribution in [1.82, 2.24) is 4.98 Å². The van der Waals surface area contributed by atoms with Crippen LogP contribution in [0.5, 0.6) is 0 Å².